The van der Waals surface area contributed by atoms with Crippen LogP contribution in [0.5, 0.6) is 0 Å². The first-order chi connectivity index (χ1) is 9.79. The number of rotatable bonds is 6. The van der Waals surface area contributed by atoms with Gasteiger partial charge in [0.2, 0.25) is 0 Å². The van der Waals surface area contributed by atoms with Crippen LogP contribution < -0.4 is 0 Å². The van der Waals surface area contributed by atoms with E-state index in [1.807, 2.05) is 27.7 Å². The summed E-state index contributed by atoms with van der Waals surface area (Å²) in [6, 6.07) is -0.129. The average Bonchev–Trinajstić information content (AvgIpc) is 2.77. The first kappa shape index (κ1) is 17.2. The van der Waals surface area contributed by atoms with Gasteiger partial charge in [0.05, 0.1) is 12.3 Å². The minimum absolute atomic E-state index is 0.0433. The molecule has 0 aliphatic heterocycles. The lowest BCUT2D eigenvalue weighted by molar-refractivity contribution is -0.144. The van der Waals surface area contributed by atoms with Gasteiger partial charge < -0.3 is 14.2 Å². The lowest BCUT2D eigenvalue weighted by atomic mass is 10.0. The number of aromatic nitrogens is 1. The molecule has 21 heavy (non-hydrogen) atoms. The van der Waals surface area contributed by atoms with Gasteiger partial charge in [0, 0.05) is 12.0 Å². The van der Waals surface area contributed by atoms with E-state index in [0.717, 1.165) is 0 Å². The Morgan fingerprint density at radius 1 is 1.29 bits per heavy atom. The van der Waals surface area contributed by atoms with Crippen LogP contribution in [-0.4, -0.2) is 41.1 Å². The summed E-state index contributed by atoms with van der Waals surface area (Å²) in [6.45, 7) is 11.3. The highest BCUT2D eigenvalue weighted by atomic mass is 16.5. The van der Waals surface area contributed by atoms with Crippen molar-refractivity contribution in [1.82, 2.24) is 10.1 Å². The maximum atomic E-state index is 12.8. The lowest BCUT2D eigenvalue weighted by Crippen LogP contribution is -2.41. The summed E-state index contributed by atoms with van der Waals surface area (Å²) >= 11 is 0. The molecule has 0 radical (unpaired) electrons. The van der Waals surface area contributed by atoms with Crippen molar-refractivity contribution < 1.29 is 18.8 Å². The molecular weight excluding hydrogens is 272 g/mol. The predicted octanol–water partition coefficient (Wildman–Crippen LogP) is 2.52. The lowest BCUT2D eigenvalue weighted by Gasteiger charge is -2.25. The molecule has 0 saturated heterocycles. The zero-order chi connectivity index (χ0) is 16.2. The highest BCUT2D eigenvalue weighted by Crippen LogP contribution is 2.24. The summed E-state index contributed by atoms with van der Waals surface area (Å²) in [4.78, 5) is 25.9. The van der Waals surface area contributed by atoms with Crippen LogP contribution in [0, 0.1) is 6.92 Å². The highest BCUT2D eigenvalue weighted by molar-refractivity contribution is 5.98. The van der Waals surface area contributed by atoms with Crippen LogP contribution in [0.1, 0.15) is 62.3 Å². The predicted molar refractivity (Wildman–Crippen MR) is 78.1 cm³/mol. The number of aryl methyl sites for hydroxylation is 1. The second-order valence-corrected chi connectivity index (χ2v) is 5.49. The molecule has 6 heteroatoms. The molecule has 118 valence electrons. The van der Waals surface area contributed by atoms with Crippen molar-refractivity contribution in [3.8, 4) is 0 Å². The molecule has 0 aliphatic rings. The molecule has 0 bridgehead atoms. The molecule has 0 aromatic carbocycles. The maximum absolute atomic E-state index is 12.8. The SMILES string of the molecule is CCOC(=O)CN(C(=O)c1c(C)noc1C(C)C)C(C)C. The Morgan fingerprint density at radius 2 is 1.90 bits per heavy atom. The van der Waals surface area contributed by atoms with Gasteiger partial charge >= 0.3 is 5.97 Å². The second kappa shape index (κ2) is 7.24. The summed E-state index contributed by atoms with van der Waals surface area (Å²) < 4.78 is 10.2. The Morgan fingerprint density at radius 3 is 2.38 bits per heavy atom. The number of nitrogens with zero attached hydrogens (tertiary/aromatic N) is 2. The fraction of sp³-hybridized carbons (Fsp3) is 0.667. The maximum Gasteiger partial charge on any atom is 0.325 e. The molecule has 0 unspecified atom stereocenters. The Balaban J connectivity index is 3.07. The molecule has 0 aliphatic carbocycles. The van der Waals surface area contributed by atoms with Gasteiger partial charge in [0.25, 0.3) is 5.91 Å². The molecule has 6 nitrogen and oxygen atoms in total. The summed E-state index contributed by atoms with van der Waals surface area (Å²) in [5.41, 5.74) is 0.987. The number of hydrogen-bond donors (Lipinski definition) is 0. The summed E-state index contributed by atoms with van der Waals surface area (Å²) in [5.74, 6) is -0.0750. The smallest absolute Gasteiger partial charge is 0.325 e. The Bertz CT molecular complexity index is 506. The van der Waals surface area contributed by atoms with Crippen molar-refractivity contribution in [1.29, 1.82) is 0 Å². The van der Waals surface area contributed by atoms with Gasteiger partial charge in [0.1, 0.15) is 12.1 Å². The quantitative estimate of drug-likeness (QED) is 0.754. The zero-order valence-electron chi connectivity index (χ0n) is 13.6. The molecule has 1 rings (SSSR count). The van der Waals surface area contributed by atoms with Crippen molar-refractivity contribution in [2.24, 2.45) is 0 Å². The number of amides is 1. The second-order valence-electron chi connectivity index (χ2n) is 5.49. The molecule has 1 aromatic rings. The van der Waals surface area contributed by atoms with Crippen molar-refractivity contribution in [3.05, 3.63) is 17.0 Å². The van der Waals surface area contributed by atoms with Crippen LogP contribution in [0.3, 0.4) is 0 Å². The summed E-state index contributed by atoms with van der Waals surface area (Å²) in [6.07, 6.45) is 0. The molecule has 0 saturated carbocycles. The topological polar surface area (TPSA) is 72.6 Å². The van der Waals surface area contributed by atoms with E-state index < -0.39 is 5.97 Å². The van der Waals surface area contributed by atoms with E-state index in [2.05, 4.69) is 5.16 Å². The Hall–Kier alpha value is -1.85. The number of hydrogen-bond acceptors (Lipinski definition) is 5. The number of carbonyl (C=O) groups is 2. The molecule has 0 N–H and O–H groups in total. The number of ether oxygens (including phenoxy) is 1. The molecule has 0 spiro atoms. The fourth-order valence-corrected chi connectivity index (χ4v) is 2.02. The van der Waals surface area contributed by atoms with E-state index in [1.165, 1.54) is 4.90 Å². The first-order valence-corrected chi connectivity index (χ1v) is 7.22. The van der Waals surface area contributed by atoms with Crippen molar-refractivity contribution in [2.75, 3.05) is 13.2 Å². The van der Waals surface area contributed by atoms with Gasteiger partial charge in [-0.25, -0.2) is 0 Å². The Labute approximate surface area is 125 Å². The standard InChI is InChI=1S/C15H24N2O4/c1-7-20-12(18)8-17(10(4)5)15(19)13-11(6)16-21-14(13)9(2)3/h9-10H,7-8H2,1-6H3. The van der Waals surface area contributed by atoms with Crippen molar-refractivity contribution in [2.45, 2.75) is 53.5 Å². The summed E-state index contributed by atoms with van der Waals surface area (Å²) in [5, 5.41) is 3.88. The zero-order valence-corrected chi connectivity index (χ0v) is 13.6. The van der Waals surface area contributed by atoms with Gasteiger partial charge in [0.15, 0.2) is 5.76 Å². The molecular formula is C15H24N2O4. The molecule has 0 fully saturated rings. The molecule has 0 atom stereocenters. The van der Waals surface area contributed by atoms with Gasteiger partial charge in [-0.3, -0.25) is 9.59 Å². The normalized spacial score (nSPS) is 11.0. The third-order valence-electron chi connectivity index (χ3n) is 3.12. The Kier molecular flexibility index (Phi) is 5.93. The van der Waals surface area contributed by atoms with E-state index in [1.54, 1.807) is 13.8 Å². The van der Waals surface area contributed by atoms with Crippen molar-refractivity contribution in [3.63, 3.8) is 0 Å². The van der Waals surface area contributed by atoms with Crippen LogP contribution in [-0.2, 0) is 9.53 Å². The third kappa shape index (κ3) is 4.06. The highest BCUT2D eigenvalue weighted by Gasteiger charge is 2.29. The van der Waals surface area contributed by atoms with Crippen LogP contribution >= 0.6 is 0 Å². The van der Waals surface area contributed by atoms with Crippen LogP contribution in [0.4, 0.5) is 0 Å². The largest absolute Gasteiger partial charge is 0.465 e. The number of carbonyl (C=O) groups excluding carboxylic acids is 2. The van der Waals surface area contributed by atoms with E-state index in [4.69, 9.17) is 9.26 Å². The van der Waals surface area contributed by atoms with E-state index in [0.29, 0.717) is 23.6 Å². The van der Waals surface area contributed by atoms with Crippen LogP contribution in [0.15, 0.2) is 4.52 Å². The van der Waals surface area contributed by atoms with Gasteiger partial charge in [-0.05, 0) is 27.7 Å². The number of esters is 1. The van der Waals surface area contributed by atoms with Crippen LogP contribution in [0.2, 0.25) is 0 Å². The monoisotopic (exact) mass is 296 g/mol. The van der Waals surface area contributed by atoms with Gasteiger partial charge in [-0.2, -0.15) is 0 Å². The van der Waals surface area contributed by atoms with E-state index in [-0.39, 0.29) is 24.4 Å². The summed E-state index contributed by atoms with van der Waals surface area (Å²) in [7, 11) is 0. The molecule has 1 heterocycles. The first-order valence-electron chi connectivity index (χ1n) is 7.22. The van der Waals surface area contributed by atoms with E-state index >= 15 is 0 Å². The van der Waals surface area contributed by atoms with Crippen molar-refractivity contribution >= 4 is 11.9 Å². The van der Waals surface area contributed by atoms with Gasteiger partial charge in [-0.15, -0.1) is 0 Å². The van der Waals surface area contributed by atoms with Crippen LogP contribution in [0.25, 0.3) is 0 Å². The minimum atomic E-state index is -0.417. The third-order valence-corrected chi connectivity index (χ3v) is 3.12. The average molecular weight is 296 g/mol. The van der Waals surface area contributed by atoms with E-state index in [9.17, 15) is 9.59 Å². The molecule has 1 aromatic heterocycles. The fourth-order valence-electron chi connectivity index (χ4n) is 2.02. The minimum Gasteiger partial charge on any atom is -0.465 e. The molecule has 1 amide bonds. The van der Waals surface area contributed by atoms with Gasteiger partial charge in [-0.1, -0.05) is 19.0 Å².